The van der Waals surface area contributed by atoms with E-state index in [2.05, 4.69) is 14.9 Å². The van der Waals surface area contributed by atoms with Gasteiger partial charge in [-0.1, -0.05) is 26.0 Å². The van der Waals surface area contributed by atoms with Crippen molar-refractivity contribution in [2.24, 2.45) is 5.92 Å². The van der Waals surface area contributed by atoms with Crippen LogP contribution in [0, 0.1) is 17.2 Å². The van der Waals surface area contributed by atoms with Gasteiger partial charge >= 0.3 is 0 Å². The molecule has 0 saturated carbocycles. The molecule has 8 heteroatoms. The lowest BCUT2D eigenvalue weighted by atomic mass is 10.1. The zero-order valence-electron chi connectivity index (χ0n) is 12.3. The van der Waals surface area contributed by atoms with E-state index in [1.54, 1.807) is 12.1 Å². The quantitative estimate of drug-likeness (QED) is 0.861. The fraction of sp³-hybridized carbons (Fsp3) is 0.357. The molecule has 2 aromatic rings. The average molecular weight is 319 g/mol. The molecule has 0 fully saturated rings. The van der Waals surface area contributed by atoms with E-state index in [9.17, 15) is 8.42 Å². The fourth-order valence-electron chi connectivity index (χ4n) is 1.95. The van der Waals surface area contributed by atoms with Gasteiger partial charge in [0.2, 0.25) is 10.0 Å². The summed E-state index contributed by atoms with van der Waals surface area (Å²) in [6.07, 6.45) is 3.08. The van der Waals surface area contributed by atoms with Gasteiger partial charge in [0.15, 0.2) is 0 Å². The lowest BCUT2D eigenvalue weighted by Gasteiger charge is -2.22. The minimum atomic E-state index is -3.79. The van der Waals surface area contributed by atoms with Gasteiger partial charge in [0.25, 0.3) is 0 Å². The smallest absolute Gasteiger partial charge is 0.207 e. The maximum absolute atomic E-state index is 12.5. The lowest BCUT2D eigenvalue weighted by molar-refractivity contribution is 0.361. The predicted octanol–water partition coefficient (Wildman–Crippen LogP) is 1.15. The molecule has 0 spiro atoms. The zero-order valence-corrected chi connectivity index (χ0v) is 13.2. The second-order valence-electron chi connectivity index (χ2n) is 5.16. The summed E-state index contributed by atoms with van der Waals surface area (Å²) in [5, 5.41) is 17.1. The van der Waals surface area contributed by atoms with Crippen molar-refractivity contribution in [1.82, 2.24) is 19.7 Å². The molecule has 0 aliphatic heterocycles. The minimum Gasteiger partial charge on any atom is -0.207 e. The number of benzene rings is 1. The Balaban J connectivity index is 2.27. The van der Waals surface area contributed by atoms with Crippen LogP contribution in [0.4, 0.5) is 0 Å². The largest absolute Gasteiger partial charge is 0.242 e. The van der Waals surface area contributed by atoms with E-state index in [-0.39, 0.29) is 22.4 Å². The summed E-state index contributed by atoms with van der Waals surface area (Å²) in [5.41, 5.74) is 0.120. The third-order valence-corrected chi connectivity index (χ3v) is 4.78. The first-order valence-corrected chi connectivity index (χ1v) is 8.28. The topological polar surface area (TPSA) is 101 Å². The molecule has 0 radical (unpaired) electrons. The van der Waals surface area contributed by atoms with Crippen molar-refractivity contribution in [3.8, 4) is 6.07 Å². The number of hydrogen-bond acceptors (Lipinski definition) is 5. The average Bonchev–Trinajstić information content (AvgIpc) is 2.99. The van der Waals surface area contributed by atoms with Gasteiger partial charge in [0.05, 0.1) is 29.4 Å². The number of nitriles is 1. The van der Waals surface area contributed by atoms with Crippen molar-refractivity contribution in [2.45, 2.75) is 31.3 Å². The van der Waals surface area contributed by atoms with Crippen LogP contribution < -0.4 is 4.72 Å². The number of nitrogens with zero attached hydrogens (tertiary/aromatic N) is 4. The summed E-state index contributed by atoms with van der Waals surface area (Å²) < 4.78 is 27.7. The first kappa shape index (κ1) is 16.1. The summed E-state index contributed by atoms with van der Waals surface area (Å²) in [4.78, 5) is 1.42. The molecule has 1 atom stereocenters. The van der Waals surface area contributed by atoms with Crippen LogP contribution in [0.5, 0.6) is 0 Å². The molecule has 0 amide bonds. The van der Waals surface area contributed by atoms with E-state index in [4.69, 9.17) is 5.26 Å². The number of hydrogen-bond donors (Lipinski definition) is 1. The van der Waals surface area contributed by atoms with Gasteiger partial charge in [-0.25, -0.2) is 13.1 Å². The summed E-state index contributed by atoms with van der Waals surface area (Å²) in [5.74, 6) is 0.0371. The van der Waals surface area contributed by atoms with Gasteiger partial charge in [0.1, 0.15) is 6.07 Å². The third kappa shape index (κ3) is 3.69. The Morgan fingerprint density at radius 3 is 2.50 bits per heavy atom. The van der Waals surface area contributed by atoms with Crippen LogP contribution in [0.15, 0.2) is 41.6 Å². The molecular formula is C14H17N5O2S. The summed E-state index contributed by atoms with van der Waals surface area (Å²) in [6.45, 7) is 4.14. The number of rotatable bonds is 6. The molecule has 116 valence electrons. The fourth-order valence-corrected chi connectivity index (χ4v) is 3.49. The van der Waals surface area contributed by atoms with Crippen LogP contribution in [0.25, 0.3) is 0 Å². The van der Waals surface area contributed by atoms with Gasteiger partial charge in [0, 0.05) is 6.04 Å². The van der Waals surface area contributed by atoms with Crippen molar-refractivity contribution in [2.75, 3.05) is 0 Å². The lowest BCUT2D eigenvalue weighted by Crippen LogP contribution is -2.42. The summed E-state index contributed by atoms with van der Waals surface area (Å²) in [7, 11) is -3.79. The molecule has 1 aromatic carbocycles. The maximum Gasteiger partial charge on any atom is 0.242 e. The van der Waals surface area contributed by atoms with Crippen molar-refractivity contribution in [1.29, 1.82) is 5.26 Å². The maximum atomic E-state index is 12.5. The van der Waals surface area contributed by atoms with Gasteiger partial charge in [-0.15, -0.1) is 0 Å². The molecule has 1 heterocycles. The Morgan fingerprint density at radius 1 is 1.27 bits per heavy atom. The second kappa shape index (κ2) is 6.68. The van der Waals surface area contributed by atoms with Crippen LogP contribution in [0.3, 0.4) is 0 Å². The molecule has 0 aliphatic rings. The van der Waals surface area contributed by atoms with E-state index in [1.807, 2.05) is 19.9 Å². The Labute approximate surface area is 129 Å². The Kier molecular flexibility index (Phi) is 4.90. The van der Waals surface area contributed by atoms with E-state index < -0.39 is 10.0 Å². The van der Waals surface area contributed by atoms with Gasteiger partial charge in [-0.2, -0.15) is 20.3 Å². The molecule has 0 saturated heterocycles. The molecule has 0 aliphatic carbocycles. The molecular weight excluding hydrogens is 302 g/mol. The molecule has 1 aromatic heterocycles. The molecule has 0 bridgehead atoms. The van der Waals surface area contributed by atoms with Crippen molar-refractivity contribution >= 4 is 10.0 Å². The monoisotopic (exact) mass is 319 g/mol. The van der Waals surface area contributed by atoms with Crippen LogP contribution in [0.2, 0.25) is 0 Å². The van der Waals surface area contributed by atoms with E-state index >= 15 is 0 Å². The highest BCUT2D eigenvalue weighted by Crippen LogP contribution is 2.16. The molecule has 7 nitrogen and oxygen atoms in total. The minimum absolute atomic E-state index is 0.0171. The van der Waals surface area contributed by atoms with E-state index in [0.717, 1.165) is 0 Å². The van der Waals surface area contributed by atoms with Gasteiger partial charge < -0.3 is 0 Å². The Hall–Kier alpha value is -2.24. The van der Waals surface area contributed by atoms with Crippen LogP contribution >= 0.6 is 0 Å². The van der Waals surface area contributed by atoms with E-state index in [1.165, 1.54) is 29.3 Å². The third-order valence-electron chi connectivity index (χ3n) is 3.23. The predicted molar refractivity (Wildman–Crippen MR) is 80.1 cm³/mol. The highest BCUT2D eigenvalue weighted by Gasteiger charge is 2.25. The van der Waals surface area contributed by atoms with Crippen LogP contribution in [-0.2, 0) is 16.6 Å². The Bertz CT molecular complexity index is 763. The molecule has 22 heavy (non-hydrogen) atoms. The summed E-state index contributed by atoms with van der Waals surface area (Å²) in [6, 6.07) is 7.64. The zero-order chi connectivity index (χ0) is 16.2. The highest BCUT2D eigenvalue weighted by molar-refractivity contribution is 7.89. The standard InChI is InChI=1S/C14H17N5O2S/c1-11(2)13(10-19-16-7-8-17-19)18-22(20,21)14-6-4-3-5-12(14)9-15/h3-8,11,13,18H,10H2,1-2H3. The highest BCUT2D eigenvalue weighted by atomic mass is 32.2. The molecule has 1 N–H and O–H groups in total. The molecule has 2 rings (SSSR count). The van der Waals surface area contributed by atoms with Gasteiger partial charge in [-0.3, -0.25) is 0 Å². The second-order valence-corrected chi connectivity index (χ2v) is 6.85. The summed E-state index contributed by atoms with van der Waals surface area (Å²) >= 11 is 0. The number of sulfonamides is 1. The Morgan fingerprint density at radius 2 is 1.91 bits per heavy atom. The SMILES string of the molecule is CC(C)C(Cn1nccn1)NS(=O)(=O)c1ccccc1C#N. The van der Waals surface area contributed by atoms with Crippen LogP contribution in [0.1, 0.15) is 19.4 Å². The first-order valence-electron chi connectivity index (χ1n) is 6.79. The van der Waals surface area contributed by atoms with Gasteiger partial charge in [-0.05, 0) is 18.1 Å². The normalized spacial score (nSPS) is 13.0. The van der Waals surface area contributed by atoms with Crippen molar-refractivity contribution in [3.63, 3.8) is 0 Å². The molecule has 1 unspecified atom stereocenters. The van der Waals surface area contributed by atoms with Crippen molar-refractivity contribution < 1.29 is 8.42 Å². The van der Waals surface area contributed by atoms with Crippen molar-refractivity contribution in [3.05, 3.63) is 42.2 Å². The number of aromatic nitrogens is 3. The van der Waals surface area contributed by atoms with Crippen LogP contribution in [-0.4, -0.2) is 29.5 Å². The van der Waals surface area contributed by atoms with E-state index in [0.29, 0.717) is 6.54 Å². The number of nitrogens with one attached hydrogen (secondary N) is 1. The first-order chi connectivity index (χ1) is 10.4.